The molecule has 3 aromatic carbocycles. The number of ether oxygens (including phenoxy) is 3. The first-order valence-corrected chi connectivity index (χ1v) is 21.5. The van der Waals surface area contributed by atoms with E-state index in [1.165, 1.54) is 81.6 Å². The van der Waals surface area contributed by atoms with E-state index in [0.717, 1.165) is 68.7 Å². The van der Waals surface area contributed by atoms with Gasteiger partial charge in [-0.15, -0.1) is 0 Å². The highest BCUT2D eigenvalue weighted by atomic mass is 16.5. The fraction of sp³-hybridized carbons (Fsp3) is 0.583. The summed E-state index contributed by atoms with van der Waals surface area (Å²) in [4.78, 5) is 28.7. The van der Waals surface area contributed by atoms with Crippen molar-refractivity contribution in [1.29, 1.82) is 0 Å². The van der Waals surface area contributed by atoms with Crippen molar-refractivity contribution in [1.82, 2.24) is 0 Å². The van der Waals surface area contributed by atoms with E-state index in [4.69, 9.17) is 14.2 Å². The minimum atomic E-state index is 0.0187. The number of anilines is 3. The number of ketones is 1. The normalized spacial score (nSPS) is 12.7. The second-order valence-electron chi connectivity index (χ2n) is 14.9. The molecule has 1 amide bonds. The number of carbonyl (C=O) groups excluding carboxylic acids is 2. The molecule has 0 N–H and O–H groups in total. The molecule has 0 saturated carbocycles. The maximum atomic E-state index is 11.3. The molecule has 0 aromatic heterocycles. The first-order valence-electron chi connectivity index (χ1n) is 21.5. The standard InChI is InChI=1S/C19H29NO2.C19H33NO.C10H13NO2/c1-3-5-6-16(4-2)15-22-19-9-7-17(8-10-19)20-13-11-18(21)12-14-20;1-5-8-13-20(14-9-6-2)18-16-17(4)11-12-19(18)21-15-10-7-3;1-8(12)11(2)9-4-6-10(13-3)7-5-9/h7-10,16H,3-6,11-15H2,1-2H3;11-12,16H,5-10,13-15H2,1-4H3;4-7H,1-3H3. The zero-order valence-electron chi connectivity index (χ0n) is 36.5. The quantitative estimate of drug-likeness (QED) is 0.0998. The SMILES string of the molecule is CCCCC(CC)COc1ccc(N2CCC(=O)CC2)cc1.CCCCOc1ccc(C)cc1N(CCCC)CCCC.COc1ccc(N(C)C(C)=O)cc1. The number of nitrogens with zero attached hydrogens (tertiary/aromatic N) is 3. The molecule has 1 unspecified atom stereocenters. The smallest absolute Gasteiger partial charge is 0.223 e. The van der Waals surface area contributed by atoms with E-state index in [0.29, 0.717) is 24.5 Å². The predicted molar refractivity (Wildman–Crippen MR) is 237 cm³/mol. The summed E-state index contributed by atoms with van der Waals surface area (Å²) >= 11 is 0. The van der Waals surface area contributed by atoms with Crippen molar-refractivity contribution in [2.45, 2.75) is 126 Å². The molecular formula is C48H75N3O5. The Kier molecular flexibility index (Phi) is 24.2. The summed E-state index contributed by atoms with van der Waals surface area (Å²) in [6.07, 6.45) is 13.6. The number of hydrogen-bond donors (Lipinski definition) is 0. The number of methoxy groups -OCH3 is 1. The fourth-order valence-corrected chi connectivity index (χ4v) is 6.24. The van der Waals surface area contributed by atoms with Crippen LogP contribution in [0.2, 0.25) is 0 Å². The van der Waals surface area contributed by atoms with Gasteiger partial charge in [-0.2, -0.15) is 0 Å². The number of piperidine rings is 1. The van der Waals surface area contributed by atoms with Gasteiger partial charge in [-0.25, -0.2) is 0 Å². The number of Topliss-reactive ketones (excluding diaryl/α,β-unsaturated/α-hetero) is 1. The number of benzene rings is 3. The second-order valence-corrected chi connectivity index (χ2v) is 14.9. The lowest BCUT2D eigenvalue weighted by molar-refractivity contribution is -0.119. The molecular weight excluding hydrogens is 699 g/mol. The fourth-order valence-electron chi connectivity index (χ4n) is 6.24. The zero-order valence-corrected chi connectivity index (χ0v) is 36.5. The topological polar surface area (TPSA) is 71.5 Å². The van der Waals surface area contributed by atoms with Crippen LogP contribution in [0.5, 0.6) is 17.2 Å². The summed E-state index contributed by atoms with van der Waals surface area (Å²) in [5.41, 5.74) is 4.66. The Labute approximate surface area is 340 Å². The number of carbonyl (C=O) groups is 2. The molecule has 8 heteroatoms. The van der Waals surface area contributed by atoms with Crippen molar-refractivity contribution < 1.29 is 23.8 Å². The minimum absolute atomic E-state index is 0.0187. The van der Waals surface area contributed by atoms with Crippen LogP contribution in [0.4, 0.5) is 17.1 Å². The van der Waals surface area contributed by atoms with Crippen molar-refractivity contribution in [2.24, 2.45) is 5.92 Å². The zero-order chi connectivity index (χ0) is 41.1. The van der Waals surface area contributed by atoms with Gasteiger partial charge in [0.25, 0.3) is 0 Å². The summed E-state index contributed by atoms with van der Waals surface area (Å²) in [7, 11) is 3.35. The van der Waals surface area contributed by atoms with Gasteiger partial charge >= 0.3 is 0 Å². The third-order valence-electron chi connectivity index (χ3n) is 10.3. The Balaban J connectivity index is 0.000000300. The summed E-state index contributed by atoms with van der Waals surface area (Å²) in [5.74, 6) is 3.86. The molecule has 312 valence electrons. The monoisotopic (exact) mass is 774 g/mol. The highest BCUT2D eigenvalue weighted by molar-refractivity contribution is 5.90. The summed E-state index contributed by atoms with van der Waals surface area (Å²) in [6.45, 7) is 20.5. The molecule has 1 fully saturated rings. The highest BCUT2D eigenvalue weighted by Gasteiger charge is 2.17. The number of hydrogen-bond acceptors (Lipinski definition) is 7. The summed E-state index contributed by atoms with van der Waals surface area (Å²) in [5, 5.41) is 0. The molecule has 3 aromatic rings. The van der Waals surface area contributed by atoms with Gasteiger partial charge in [0.2, 0.25) is 5.91 Å². The van der Waals surface area contributed by atoms with E-state index in [9.17, 15) is 9.59 Å². The molecule has 1 heterocycles. The van der Waals surface area contributed by atoms with Crippen LogP contribution in [0.1, 0.15) is 124 Å². The molecule has 1 aliphatic heterocycles. The second kappa shape index (κ2) is 28.2. The molecule has 1 aliphatic rings. The predicted octanol–water partition coefficient (Wildman–Crippen LogP) is 11.7. The first kappa shape index (κ1) is 48.0. The molecule has 56 heavy (non-hydrogen) atoms. The Morgan fingerprint density at radius 3 is 1.89 bits per heavy atom. The van der Waals surface area contributed by atoms with Crippen LogP contribution in [0.15, 0.2) is 66.7 Å². The summed E-state index contributed by atoms with van der Waals surface area (Å²) in [6, 6.07) is 22.3. The van der Waals surface area contributed by atoms with Crippen LogP contribution in [0.25, 0.3) is 0 Å². The Bertz CT molecular complexity index is 1480. The Hall–Kier alpha value is -4.20. The molecule has 1 atom stereocenters. The Morgan fingerprint density at radius 1 is 0.768 bits per heavy atom. The maximum Gasteiger partial charge on any atom is 0.223 e. The van der Waals surface area contributed by atoms with Gasteiger partial charge < -0.3 is 28.9 Å². The lowest BCUT2D eigenvalue weighted by atomic mass is 10.0. The van der Waals surface area contributed by atoms with E-state index < -0.39 is 0 Å². The van der Waals surface area contributed by atoms with Crippen LogP contribution in [-0.2, 0) is 9.59 Å². The van der Waals surface area contributed by atoms with E-state index in [-0.39, 0.29) is 5.91 Å². The average molecular weight is 774 g/mol. The largest absolute Gasteiger partial charge is 0.497 e. The van der Waals surface area contributed by atoms with Crippen molar-refractivity contribution in [2.75, 3.05) is 68.2 Å². The number of unbranched alkanes of at least 4 members (excludes halogenated alkanes) is 4. The molecule has 8 nitrogen and oxygen atoms in total. The van der Waals surface area contributed by atoms with Gasteiger partial charge in [0.15, 0.2) is 0 Å². The van der Waals surface area contributed by atoms with Crippen LogP contribution in [0.3, 0.4) is 0 Å². The third kappa shape index (κ3) is 18.2. The van der Waals surface area contributed by atoms with E-state index >= 15 is 0 Å². The Morgan fingerprint density at radius 2 is 1.36 bits per heavy atom. The minimum Gasteiger partial charge on any atom is -0.497 e. The first-order chi connectivity index (χ1) is 27.1. The van der Waals surface area contributed by atoms with Gasteiger partial charge in [-0.1, -0.05) is 79.2 Å². The van der Waals surface area contributed by atoms with E-state index in [1.54, 1.807) is 19.1 Å². The number of amides is 1. The molecule has 1 saturated heterocycles. The number of aryl methyl sites for hydroxylation is 1. The van der Waals surface area contributed by atoms with Crippen molar-refractivity contribution in [3.05, 3.63) is 72.3 Å². The summed E-state index contributed by atoms with van der Waals surface area (Å²) < 4.78 is 17.0. The molecule has 0 aliphatic carbocycles. The third-order valence-corrected chi connectivity index (χ3v) is 10.3. The van der Waals surface area contributed by atoms with Crippen LogP contribution >= 0.6 is 0 Å². The van der Waals surface area contributed by atoms with Crippen LogP contribution in [-0.4, -0.2) is 65.2 Å². The van der Waals surface area contributed by atoms with Gasteiger partial charge in [0.05, 0.1) is 26.0 Å². The van der Waals surface area contributed by atoms with Crippen molar-refractivity contribution in [3.8, 4) is 17.2 Å². The van der Waals surface area contributed by atoms with Crippen LogP contribution in [0, 0.1) is 12.8 Å². The van der Waals surface area contributed by atoms with Gasteiger partial charge in [-0.3, -0.25) is 9.59 Å². The van der Waals surface area contributed by atoms with E-state index in [1.807, 2.05) is 24.3 Å². The maximum absolute atomic E-state index is 11.3. The molecule has 4 rings (SSSR count). The van der Waals surface area contributed by atoms with E-state index in [2.05, 4.69) is 93.8 Å². The van der Waals surface area contributed by atoms with Crippen molar-refractivity contribution >= 4 is 28.8 Å². The van der Waals surface area contributed by atoms with Gasteiger partial charge in [0, 0.05) is 64.4 Å². The van der Waals surface area contributed by atoms with Crippen LogP contribution < -0.4 is 28.9 Å². The molecule has 0 radical (unpaired) electrons. The lowest BCUT2D eigenvalue weighted by Crippen LogP contribution is -2.33. The molecule has 0 spiro atoms. The number of rotatable bonds is 21. The highest BCUT2D eigenvalue weighted by Crippen LogP contribution is 2.31. The van der Waals surface area contributed by atoms with Crippen molar-refractivity contribution in [3.63, 3.8) is 0 Å². The van der Waals surface area contributed by atoms with Gasteiger partial charge in [-0.05, 0) is 105 Å². The average Bonchev–Trinajstić information content (AvgIpc) is 3.22. The molecule has 0 bridgehead atoms. The lowest BCUT2D eigenvalue weighted by Gasteiger charge is -2.28. The van der Waals surface area contributed by atoms with Gasteiger partial charge in [0.1, 0.15) is 23.0 Å².